The molecule has 0 unspecified atom stereocenters. The number of carbonyl (C=O) groups is 1. The molecule has 3 aromatic rings. The number of rotatable bonds is 5. The zero-order valence-electron chi connectivity index (χ0n) is 11.7. The van der Waals surface area contributed by atoms with Gasteiger partial charge in [-0.15, -0.1) is 5.10 Å². The van der Waals surface area contributed by atoms with Crippen molar-refractivity contribution in [1.29, 1.82) is 0 Å². The Labute approximate surface area is 141 Å². The van der Waals surface area contributed by atoms with Crippen molar-refractivity contribution in [2.45, 2.75) is 10.9 Å². The Morgan fingerprint density at radius 3 is 2.83 bits per heavy atom. The molecule has 0 aliphatic heterocycles. The normalized spacial score (nSPS) is 10.7. The van der Waals surface area contributed by atoms with E-state index in [-0.39, 0.29) is 5.56 Å². The molecule has 0 saturated carbocycles. The minimum atomic E-state index is -1.25. The monoisotopic (exact) mass is 345 g/mol. The second-order valence-electron chi connectivity index (χ2n) is 4.59. The molecule has 1 heterocycles. The summed E-state index contributed by atoms with van der Waals surface area (Å²) in [7, 11) is 0. The summed E-state index contributed by atoms with van der Waals surface area (Å²) in [5.41, 5.74) is 1.59. The van der Waals surface area contributed by atoms with Crippen LogP contribution >= 0.6 is 23.4 Å². The summed E-state index contributed by atoms with van der Waals surface area (Å²) in [5, 5.41) is 23.7. The van der Waals surface area contributed by atoms with E-state index >= 15 is 0 Å². The van der Waals surface area contributed by atoms with Gasteiger partial charge in [-0.1, -0.05) is 53.7 Å². The average molecular weight is 346 g/mol. The minimum absolute atomic E-state index is 0.0695. The average Bonchev–Trinajstić information content (AvgIpc) is 3.03. The largest absolute Gasteiger partial charge is 0.545 e. The number of aromatic nitrogens is 4. The van der Waals surface area contributed by atoms with Crippen molar-refractivity contribution < 1.29 is 9.90 Å². The third-order valence-electron chi connectivity index (χ3n) is 3.08. The molecular weight excluding hydrogens is 336 g/mol. The molecule has 6 nitrogen and oxygen atoms in total. The van der Waals surface area contributed by atoms with Crippen molar-refractivity contribution in [2.75, 3.05) is 0 Å². The Morgan fingerprint density at radius 1 is 1.22 bits per heavy atom. The third-order valence-corrected chi connectivity index (χ3v) is 4.42. The molecule has 1 aromatic heterocycles. The number of benzene rings is 2. The molecule has 0 aliphatic carbocycles. The van der Waals surface area contributed by atoms with Gasteiger partial charge in [0.15, 0.2) is 0 Å². The van der Waals surface area contributed by atoms with Crippen LogP contribution in [0.4, 0.5) is 0 Å². The summed E-state index contributed by atoms with van der Waals surface area (Å²) in [6.45, 7) is 0. The van der Waals surface area contributed by atoms with Gasteiger partial charge in [-0.2, -0.15) is 4.68 Å². The molecule has 0 radical (unpaired) electrons. The van der Waals surface area contributed by atoms with Crippen LogP contribution in [-0.2, 0) is 5.75 Å². The fourth-order valence-electron chi connectivity index (χ4n) is 1.95. The van der Waals surface area contributed by atoms with Crippen LogP contribution in [0.15, 0.2) is 53.7 Å². The first-order valence-electron chi connectivity index (χ1n) is 6.61. The van der Waals surface area contributed by atoms with E-state index in [1.165, 1.54) is 28.6 Å². The fraction of sp³-hybridized carbons (Fsp3) is 0.0667. The summed E-state index contributed by atoms with van der Waals surface area (Å²) in [6.07, 6.45) is 0. The lowest BCUT2D eigenvalue weighted by Gasteiger charge is -2.07. The van der Waals surface area contributed by atoms with Gasteiger partial charge in [0.2, 0.25) is 5.16 Å². The summed E-state index contributed by atoms with van der Waals surface area (Å²) < 4.78 is 1.48. The second kappa shape index (κ2) is 6.80. The Bertz CT molecular complexity index is 853. The molecule has 0 saturated heterocycles. The SMILES string of the molecule is O=C([O-])c1cccc(-n2nnnc2SCc2ccccc2Cl)c1. The van der Waals surface area contributed by atoms with Crippen molar-refractivity contribution in [3.8, 4) is 5.69 Å². The van der Waals surface area contributed by atoms with Crippen LogP contribution < -0.4 is 5.11 Å². The molecule has 8 heteroatoms. The van der Waals surface area contributed by atoms with Gasteiger partial charge in [0.25, 0.3) is 0 Å². The first kappa shape index (κ1) is 15.5. The summed E-state index contributed by atoms with van der Waals surface area (Å²) in [4.78, 5) is 11.0. The van der Waals surface area contributed by atoms with Crippen LogP contribution in [0.5, 0.6) is 0 Å². The van der Waals surface area contributed by atoms with Crippen LogP contribution in [0.1, 0.15) is 15.9 Å². The topological polar surface area (TPSA) is 83.7 Å². The van der Waals surface area contributed by atoms with Crippen LogP contribution in [0.25, 0.3) is 5.69 Å². The smallest absolute Gasteiger partial charge is 0.214 e. The predicted molar refractivity (Wildman–Crippen MR) is 84.5 cm³/mol. The van der Waals surface area contributed by atoms with E-state index in [1.807, 2.05) is 24.3 Å². The first-order valence-corrected chi connectivity index (χ1v) is 7.98. The number of aromatic carboxylic acids is 1. The molecule has 2 aromatic carbocycles. The van der Waals surface area contributed by atoms with E-state index in [0.717, 1.165) is 5.56 Å². The van der Waals surface area contributed by atoms with Crippen molar-refractivity contribution >= 4 is 29.3 Å². The molecule has 0 spiro atoms. The van der Waals surface area contributed by atoms with Gasteiger partial charge >= 0.3 is 0 Å². The van der Waals surface area contributed by atoms with Crippen molar-refractivity contribution in [1.82, 2.24) is 20.2 Å². The number of carboxylic acids is 1. The molecular formula is C15H10ClN4O2S-. The number of hydrogen-bond acceptors (Lipinski definition) is 6. The van der Waals surface area contributed by atoms with Gasteiger partial charge in [0.1, 0.15) is 0 Å². The van der Waals surface area contributed by atoms with Gasteiger partial charge in [0.05, 0.1) is 11.7 Å². The van der Waals surface area contributed by atoms with Crippen molar-refractivity contribution in [3.63, 3.8) is 0 Å². The van der Waals surface area contributed by atoms with Crippen molar-refractivity contribution in [2.24, 2.45) is 0 Å². The van der Waals surface area contributed by atoms with E-state index in [1.54, 1.807) is 12.1 Å². The second-order valence-corrected chi connectivity index (χ2v) is 5.94. The minimum Gasteiger partial charge on any atom is -0.545 e. The maximum atomic E-state index is 11.0. The highest BCUT2D eigenvalue weighted by Crippen LogP contribution is 2.26. The zero-order chi connectivity index (χ0) is 16.2. The summed E-state index contributed by atoms with van der Waals surface area (Å²) in [5.74, 6) is -0.648. The maximum Gasteiger partial charge on any atom is 0.214 e. The highest BCUT2D eigenvalue weighted by molar-refractivity contribution is 7.98. The van der Waals surface area contributed by atoms with Crippen LogP contribution in [0.2, 0.25) is 5.02 Å². The van der Waals surface area contributed by atoms with Gasteiger partial charge in [-0.05, 0) is 39.8 Å². The third kappa shape index (κ3) is 3.52. The molecule has 3 rings (SSSR count). The Morgan fingerprint density at radius 2 is 2.04 bits per heavy atom. The Balaban J connectivity index is 1.84. The van der Waals surface area contributed by atoms with Gasteiger partial charge in [-0.3, -0.25) is 0 Å². The van der Waals surface area contributed by atoms with E-state index in [9.17, 15) is 9.90 Å². The fourth-order valence-corrected chi connectivity index (χ4v) is 3.13. The maximum absolute atomic E-state index is 11.0. The predicted octanol–water partition coefficient (Wildman–Crippen LogP) is 1.97. The number of nitrogens with zero attached hydrogens (tertiary/aromatic N) is 4. The number of carbonyl (C=O) groups excluding carboxylic acids is 1. The van der Waals surface area contributed by atoms with E-state index < -0.39 is 5.97 Å². The zero-order valence-corrected chi connectivity index (χ0v) is 13.3. The highest BCUT2D eigenvalue weighted by Gasteiger charge is 2.11. The van der Waals surface area contributed by atoms with E-state index in [4.69, 9.17) is 11.6 Å². The van der Waals surface area contributed by atoms with Gasteiger partial charge in [0, 0.05) is 10.8 Å². The molecule has 0 N–H and O–H groups in total. The quantitative estimate of drug-likeness (QED) is 0.657. The molecule has 0 atom stereocenters. The summed E-state index contributed by atoms with van der Waals surface area (Å²) in [6, 6.07) is 13.8. The molecule has 0 amide bonds. The van der Waals surface area contributed by atoms with Crippen LogP contribution in [0.3, 0.4) is 0 Å². The lowest BCUT2D eigenvalue weighted by atomic mass is 10.2. The highest BCUT2D eigenvalue weighted by atomic mass is 35.5. The van der Waals surface area contributed by atoms with Crippen LogP contribution in [-0.4, -0.2) is 26.2 Å². The molecule has 116 valence electrons. The van der Waals surface area contributed by atoms with Gasteiger partial charge < -0.3 is 9.90 Å². The number of halogens is 1. The lowest BCUT2D eigenvalue weighted by molar-refractivity contribution is -0.255. The van der Waals surface area contributed by atoms with E-state index in [0.29, 0.717) is 21.6 Å². The van der Waals surface area contributed by atoms with E-state index in [2.05, 4.69) is 15.5 Å². The van der Waals surface area contributed by atoms with Crippen molar-refractivity contribution in [3.05, 3.63) is 64.7 Å². The summed E-state index contributed by atoms with van der Waals surface area (Å²) >= 11 is 7.54. The van der Waals surface area contributed by atoms with Gasteiger partial charge in [-0.25, -0.2) is 0 Å². The Kier molecular flexibility index (Phi) is 4.59. The lowest BCUT2D eigenvalue weighted by Crippen LogP contribution is -2.22. The number of hydrogen-bond donors (Lipinski definition) is 0. The molecule has 0 bridgehead atoms. The molecule has 0 aliphatic rings. The number of tetrazole rings is 1. The number of thioether (sulfide) groups is 1. The molecule has 23 heavy (non-hydrogen) atoms. The first-order chi connectivity index (χ1) is 11.1. The number of carboxylic acid groups (broad SMARTS) is 1. The Hall–Kier alpha value is -2.38. The molecule has 0 fully saturated rings. The standard InChI is InChI=1S/C15H11ClN4O2S/c16-13-7-2-1-4-11(13)9-23-15-17-18-19-20(15)12-6-3-5-10(8-12)14(21)22/h1-8H,9H2,(H,21,22)/p-1. The van der Waals surface area contributed by atoms with Crippen LogP contribution in [0, 0.1) is 0 Å².